The molecule has 0 atom stereocenters. The first-order valence-corrected chi connectivity index (χ1v) is 7.14. The highest BCUT2D eigenvalue weighted by Crippen LogP contribution is 2.29. The van der Waals surface area contributed by atoms with E-state index in [1.54, 1.807) is 6.07 Å². The Bertz CT molecular complexity index is 572. The molecule has 0 saturated carbocycles. The van der Waals surface area contributed by atoms with Crippen LogP contribution in [0.25, 0.3) is 0 Å². The zero-order valence-electron chi connectivity index (χ0n) is 8.76. The van der Waals surface area contributed by atoms with Crippen LogP contribution >= 0.6 is 43.2 Å². The number of carbonyl (C=O) groups excluding carboxylic acids is 1. The third kappa shape index (κ3) is 2.84. The molecule has 0 aliphatic rings. The van der Waals surface area contributed by atoms with Crippen molar-refractivity contribution in [3.63, 3.8) is 0 Å². The monoisotopic (exact) mass is 376 g/mol. The Morgan fingerprint density at radius 2 is 1.94 bits per heavy atom. The van der Waals surface area contributed by atoms with E-state index in [0.29, 0.717) is 14.9 Å². The molecule has 0 bridgehead atoms. The van der Waals surface area contributed by atoms with E-state index >= 15 is 0 Å². The first-order chi connectivity index (χ1) is 7.97. The molecule has 1 aromatic heterocycles. The summed E-state index contributed by atoms with van der Waals surface area (Å²) in [4.78, 5) is 13.8. The van der Waals surface area contributed by atoms with Gasteiger partial charge in [0.15, 0.2) is 0 Å². The lowest BCUT2D eigenvalue weighted by Crippen LogP contribution is -2.00. The maximum Gasteiger partial charge on any atom is 0.204 e. The van der Waals surface area contributed by atoms with Crippen molar-refractivity contribution >= 4 is 49.0 Å². The minimum atomic E-state index is -0.424. The summed E-state index contributed by atoms with van der Waals surface area (Å²) in [6.07, 6.45) is 0. The van der Waals surface area contributed by atoms with Crippen LogP contribution in [-0.2, 0) is 0 Å². The van der Waals surface area contributed by atoms with Crippen molar-refractivity contribution in [1.82, 2.24) is 0 Å². The van der Waals surface area contributed by atoms with E-state index in [0.717, 1.165) is 9.35 Å². The number of ketones is 1. The SMILES string of the molecule is Cc1cc(Br)c(C(=O)c2cc(F)cc(Br)c2)s1. The minimum Gasteiger partial charge on any atom is -0.288 e. The molecule has 0 spiro atoms. The quantitative estimate of drug-likeness (QED) is 0.676. The largest absolute Gasteiger partial charge is 0.288 e. The lowest BCUT2D eigenvalue weighted by Gasteiger charge is -2.01. The molecular formula is C12H7Br2FOS. The number of hydrogen-bond acceptors (Lipinski definition) is 2. The molecule has 88 valence electrons. The Morgan fingerprint density at radius 3 is 2.47 bits per heavy atom. The van der Waals surface area contributed by atoms with Gasteiger partial charge in [-0.2, -0.15) is 0 Å². The molecule has 0 amide bonds. The average molecular weight is 378 g/mol. The number of rotatable bonds is 2. The molecule has 1 aromatic carbocycles. The van der Waals surface area contributed by atoms with Gasteiger partial charge in [0.25, 0.3) is 0 Å². The molecule has 0 radical (unpaired) electrons. The molecule has 0 unspecified atom stereocenters. The van der Waals surface area contributed by atoms with Crippen molar-refractivity contribution in [2.24, 2.45) is 0 Å². The van der Waals surface area contributed by atoms with Gasteiger partial charge < -0.3 is 0 Å². The number of carbonyl (C=O) groups is 1. The summed E-state index contributed by atoms with van der Waals surface area (Å²) in [6.45, 7) is 1.92. The van der Waals surface area contributed by atoms with Crippen molar-refractivity contribution in [3.8, 4) is 0 Å². The fraction of sp³-hybridized carbons (Fsp3) is 0.0833. The zero-order valence-corrected chi connectivity index (χ0v) is 12.7. The number of hydrogen-bond donors (Lipinski definition) is 0. The van der Waals surface area contributed by atoms with Crippen LogP contribution in [0.4, 0.5) is 4.39 Å². The Kier molecular flexibility index (Phi) is 3.80. The molecule has 0 N–H and O–H groups in total. The van der Waals surface area contributed by atoms with Gasteiger partial charge in [0.1, 0.15) is 5.82 Å². The van der Waals surface area contributed by atoms with Crippen LogP contribution in [0.1, 0.15) is 20.1 Å². The molecule has 2 aromatic rings. The topological polar surface area (TPSA) is 17.1 Å². The third-order valence-electron chi connectivity index (χ3n) is 2.14. The van der Waals surface area contributed by atoms with Crippen LogP contribution in [0, 0.1) is 12.7 Å². The van der Waals surface area contributed by atoms with Crippen molar-refractivity contribution in [2.75, 3.05) is 0 Å². The zero-order chi connectivity index (χ0) is 12.6. The molecular weight excluding hydrogens is 371 g/mol. The number of halogens is 3. The van der Waals surface area contributed by atoms with Gasteiger partial charge >= 0.3 is 0 Å². The average Bonchev–Trinajstić information content (AvgIpc) is 2.55. The standard InChI is InChI=1S/C12H7Br2FOS/c1-6-2-10(14)12(17-6)11(16)7-3-8(13)5-9(15)4-7/h2-5H,1H3. The lowest BCUT2D eigenvalue weighted by molar-refractivity contribution is 0.104. The summed E-state index contributed by atoms with van der Waals surface area (Å²) < 4.78 is 14.5. The van der Waals surface area contributed by atoms with Gasteiger partial charge in [0.2, 0.25) is 5.78 Å². The van der Waals surface area contributed by atoms with Gasteiger partial charge in [-0.1, -0.05) is 15.9 Å². The van der Waals surface area contributed by atoms with Gasteiger partial charge in [-0.15, -0.1) is 11.3 Å². The Labute approximate surface area is 119 Å². The van der Waals surface area contributed by atoms with E-state index in [9.17, 15) is 9.18 Å². The fourth-order valence-corrected chi connectivity index (χ4v) is 3.70. The first kappa shape index (κ1) is 12.9. The highest BCUT2D eigenvalue weighted by molar-refractivity contribution is 9.10. The number of benzene rings is 1. The normalized spacial score (nSPS) is 10.6. The van der Waals surface area contributed by atoms with Gasteiger partial charge in [0.05, 0.1) is 4.88 Å². The number of thiophene rings is 1. The first-order valence-electron chi connectivity index (χ1n) is 4.74. The van der Waals surface area contributed by atoms with Crippen molar-refractivity contribution in [2.45, 2.75) is 6.92 Å². The fourth-order valence-electron chi connectivity index (χ4n) is 1.45. The minimum absolute atomic E-state index is 0.171. The van der Waals surface area contributed by atoms with Crippen LogP contribution in [-0.4, -0.2) is 5.78 Å². The summed E-state index contributed by atoms with van der Waals surface area (Å²) in [6, 6.07) is 6.07. The van der Waals surface area contributed by atoms with Gasteiger partial charge in [-0.25, -0.2) is 4.39 Å². The summed E-state index contributed by atoms with van der Waals surface area (Å²) in [5.41, 5.74) is 0.347. The molecule has 0 aliphatic heterocycles. The highest BCUT2D eigenvalue weighted by atomic mass is 79.9. The van der Waals surface area contributed by atoms with E-state index in [4.69, 9.17) is 0 Å². The van der Waals surface area contributed by atoms with Crippen LogP contribution in [0.2, 0.25) is 0 Å². The van der Waals surface area contributed by atoms with Crippen LogP contribution < -0.4 is 0 Å². The summed E-state index contributed by atoms with van der Waals surface area (Å²) in [5.74, 6) is -0.595. The van der Waals surface area contributed by atoms with Crippen molar-refractivity contribution < 1.29 is 9.18 Å². The van der Waals surface area contributed by atoms with Gasteiger partial charge in [-0.05, 0) is 47.1 Å². The van der Waals surface area contributed by atoms with E-state index < -0.39 is 5.82 Å². The highest BCUT2D eigenvalue weighted by Gasteiger charge is 2.16. The third-order valence-corrected chi connectivity index (χ3v) is 4.54. The maximum absolute atomic E-state index is 13.2. The maximum atomic E-state index is 13.2. The molecule has 2 rings (SSSR count). The van der Waals surface area contributed by atoms with Crippen LogP contribution in [0.3, 0.4) is 0 Å². The summed E-state index contributed by atoms with van der Waals surface area (Å²) >= 11 is 7.91. The Morgan fingerprint density at radius 1 is 1.24 bits per heavy atom. The predicted molar refractivity (Wildman–Crippen MR) is 74.3 cm³/mol. The molecule has 0 fully saturated rings. The lowest BCUT2D eigenvalue weighted by atomic mass is 10.1. The summed E-state index contributed by atoms with van der Waals surface area (Å²) in [5, 5.41) is 0. The molecule has 0 saturated heterocycles. The Hall–Kier alpha value is -0.520. The van der Waals surface area contributed by atoms with Gasteiger partial charge in [-0.3, -0.25) is 4.79 Å². The molecule has 1 heterocycles. The van der Waals surface area contributed by atoms with E-state index in [1.165, 1.54) is 23.5 Å². The smallest absolute Gasteiger partial charge is 0.204 e. The Balaban J connectivity index is 2.47. The van der Waals surface area contributed by atoms with E-state index in [2.05, 4.69) is 31.9 Å². The van der Waals surface area contributed by atoms with Crippen molar-refractivity contribution in [1.29, 1.82) is 0 Å². The second kappa shape index (κ2) is 5.00. The number of aryl methyl sites for hydroxylation is 1. The predicted octanol–water partition coefficient (Wildman–Crippen LogP) is 4.95. The second-order valence-corrected chi connectivity index (χ2v) is 6.55. The van der Waals surface area contributed by atoms with Crippen molar-refractivity contribution in [3.05, 3.63) is 54.3 Å². The second-order valence-electron chi connectivity index (χ2n) is 3.52. The molecule has 1 nitrogen and oxygen atoms in total. The van der Waals surface area contributed by atoms with E-state index in [-0.39, 0.29) is 5.78 Å². The molecule has 17 heavy (non-hydrogen) atoms. The summed E-state index contributed by atoms with van der Waals surface area (Å²) in [7, 11) is 0. The van der Waals surface area contributed by atoms with Crippen LogP contribution in [0.5, 0.6) is 0 Å². The van der Waals surface area contributed by atoms with E-state index in [1.807, 2.05) is 13.0 Å². The molecule has 0 aliphatic carbocycles. The molecule has 5 heteroatoms. The van der Waals surface area contributed by atoms with Gasteiger partial charge in [0, 0.05) is 19.4 Å². The van der Waals surface area contributed by atoms with Crippen LogP contribution in [0.15, 0.2) is 33.2 Å².